The van der Waals surface area contributed by atoms with Gasteiger partial charge in [0.2, 0.25) is 5.91 Å². The van der Waals surface area contributed by atoms with Crippen molar-refractivity contribution in [2.24, 2.45) is 0 Å². The van der Waals surface area contributed by atoms with Crippen molar-refractivity contribution in [3.63, 3.8) is 0 Å². The second-order valence-corrected chi connectivity index (χ2v) is 5.94. The lowest BCUT2D eigenvalue weighted by atomic mass is 10.2. The van der Waals surface area contributed by atoms with Gasteiger partial charge < -0.3 is 14.6 Å². The van der Waals surface area contributed by atoms with E-state index in [2.05, 4.69) is 29.0 Å². The van der Waals surface area contributed by atoms with E-state index in [-0.39, 0.29) is 5.91 Å². The SMILES string of the molecule is CCN(CC)CCNC(=O)CCc1ncc(-c2ccc(Cl)cc2)o1. The molecule has 6 heteroatoms. The van der Waals surface area contributed by atoms with Gasteiger partial charge in [-0.2, -0.15) is 0 Å². The summed E-state index contributed by atoms with van der Waals surface area (Å²) in [6.07, 6.45) is 2.54. The van der Waals surface area contributed by atoms with Crippen LogP contribution in [0.4, 0.5) is 0 Å². The van der Waals surface area contributed by atoms with Crippen LogP contribution in [0, 0.1) is 0 Å². The van der Waals surface area contributed by atoms with Crippen molar-refractivity contribution in [1.29, 1.82) is 0 Å². The lowest BCUT2D eigenvalue weighted by Gasteiger charge is -2.17. The zero-order valence-electron chi connectivity index (χ0n) is 14.2. The Morgan fingerprint density at radius 3 is 2.62 bits per heavy atom. The van der Waals surface area contributed by atoms with Crippen molar-refractivity contribution in [3.05, 3.63) is 41.4 Å². The van der Waals surface area contributed by atoms with Crippen LogP contribution in [0.15, 0.2) is 34.9 Å². The fraction of sp³-hybridized carbons (Fsp3) is 0.444. The number of likely N-dealkylation sites (N-methyl/N-ethyl adjacent to an activating group) is 1. The minimum atomic E-state index is 0.0217. The molecule has 0 saturated carbocycles. The summed E-state index contributed by atoms with van der Waals surface area (Å²) in [6, 6.07) is 7.38. The lowest BCUT2D eigenvalue weighted by molar-refractivity contribution is -0.121. The quantitative estimate of drug-likeness (QED) is 0.754. The summed E-state index contributed by atoms with van der Waals surface area (Å²) in [7, 11) is 0. The Kier molecular flexibility index (Phi) is 7.28. The zero-order valence-corrected chi connectivity index (χ0v) is 15.0. The summed E-state index contributed by atoms with van der Waals surface area (Å²) in [5.74, 6) is 1.27. The first-order valence-electron chi connectivity index (χ1n) is 8.32. The number of halogens is 1. The maximum absolute atomic E-state index is 11.9. The monoisotopic (exact) mass is 349 g/mol. The molecule has 0 atom stereocenters. The number of aryl methyl sites for hydroxylation is 1. The molecule has 0 aliphatic carbocycles. The van der Waals surface area contributed by atoms with E-state index in [0.29, 0.717) is 36.1 Å². The van der Waals surface area contributed by atoms with Gasteiger partial charge in [-0.15, -0.1) is 0 Å². The Labute approximate surface area is 148 Å². The predicted octanol–water partition coefficient (Wildman–Crippen LogP) is 3.39. The van der Waals surface area contributed by atoms with Gasteiger partial charge in [0, 0.05) is 36.5 Å². The standard InChI is InChI=1S/C18H24ClN3O2/c1-3-22(4-2)12-11-20-17(23)9-10-18-21-13-16(24-18)14-5-7-15(19)8-6-14/h5-8,13H,3-4,9-12H2,1-2H3,(H,20,23). The molecule has 2 aromatic rings. The van der Waals surface area contributed by atoms with Crippen LogP contribution in [-0.4, -0.2) is 42.0 Å². The van der Waals surface area contributed by atoms with Gasteiger partial charge in [-0.1, -0.05) is 25.4 Å². The van der Waals surface area contributed by atoms with Crippen molar-refractivity contribution in [1.82, 2.24) is 15.2 Å². The Balaban J connectivity index is 1.76. The van der Waals surface area contributed by atoms with Gasteiger partial charge in [0.15, 0.2) is 11.7 Å². The molecule has 1 heterocycles. The number of benzene rings is 1. The van der Waals surface area contributed by atoms with Crippen LogP contribution in [0.25, 0.3) is 11.3 Å². The fourth-order valence-corrected chi connectivity index (χ4v) is 2.50. The van der Waals surface area contributed by atoms with Gasteiger partial charge in [0.1, 0.15) is 0 Å². The zero-order chi connectivity index (χ0) is 17.4. The van der Waals surface area contributed by atoms with E-state index in [4.69, 9.17) is 16.0 Å². The molecule has 0 aliphatic rings. The molecule has 130 valence electrons. The van der Waals surface area contributed by atoms with E-state index in [1.54, 1.807) is 6.20 Å². The summed E-state index contributed by atoms with van der Waals surface area (Å²) >= 11 is 5.87. The Morgan fingerprint density at radius 1 is 1.25 bits per heavy atom. The molecular weight excluding hydrogens is 326 g/mol. The van der Waals surface area contributed by atoms with E-state index in [1.807, 2.05) is 24.3 Å². The molecule has 0 bridgehead atoms. The maximum Gasteiger partial charge on any atom is 0.220 e. The van der Waals surface area contributed by atoms with Crippen molar-refractivity contribution in [2.75, 3.05) is 26.2 Å². The third-order valence-corrected chi connectivity index (χ3v) is 4.14. The Bertz CT molecular complexity index is 636. The summed E-state index contributed by atoms with van der Waals surface area (Å²) in [5.41, 5.74) is 0.918. The normalized spacial score (nSPS) is 11.0. The van der Waals surface area contributed by atoms with Crippen molar-refractivity contribution < 1.29 is 9.21 Å². The summed E-state index contributed by atoms with van der Waals surface area (Å²) in [5, 5.41) is 3.61. The number of aromatic nitrogens is 1. The van der Waals surface area contributed by atoms with Gasteiger partial charge in [0.25, 0.3) is 0 Å². The number of carbonyl (C=O) groups excluding carboxylic acids is 1. The predicted molar refractivity (Wildman–Crippen MR) is 96.1 cm³/mol. The van der Waals surface area contributed by atoms with Crippen molar-refractivity contribution >= 4 is 17.5 Å². The number of hydrogen-bond donors (Lipinski definition) is 1. The van der Waals surface area contributed by atoms with E-state index in [0.717, 1.165) is 25.2 Å². The van der Waals surface area contributed by atoms with Crippen LogP contribution < -0.4 is 5.32 Å². The van der Waals surface area contributed by atoms with Gasteiger partial charge >= 0.3 is 0 Å². The largest absolute Gasteiger partial charge is 0.441 e. The first-order chi connectivity index (χ1) is 11.6. The molecule has 0 fully saturated rings. The van der Waals surface area contributed by atoms with Crippen LogP contribution in [0.2, 0.25) is 5.02 Å². The highest BCUT2D eigenvalue weighted by Crippen LogP contribution is 2.22. The minimum absolute atomic E-state index is 0.0217. The highest BCUT2D eigenvalue weighted by Gasteiger charge is 2.09. The number of amides is 1. The van der Waals surface area contributed by atoms with Gasteiger partial charge in [-0.05, 0) is 37.4 Å². The third-order valence-electron chi connectivity index (χ3n) is 3.89. The number of carbonyl (C=O) groups is 1. The highest BCUT2D eigenvalue weighted by molar-refractivity contribution is 6.30. The smallest absolute Gasteiger partial charge is 0.220 e. The molecule has 0 saturated heterocycles. The Hall–Kier alpha value is -1.85. The van der Waals surface area contributed by atoms with Crippen LogP contribution in [0.5, 0.6) is 0 Å². The molecule has 5 nitrogen and oxygen atoms in total. The molecule has 24 heavy (non-hydrogen) atoms. The number of oxazole rings is 1. The average molecular weight is 350 g/mol. The van der Waals surface area contributed by atoms with Gasteiger partial charge in [0.05, 0.1) is 6.20 Å². The molecule has 0 radical (unpaired) electrons. The number of rotatable bonds is 9. The first kappa shape index (κ1) is 18.5. The molecular formula is C18H24ClN3O2. The molecule has 0 unspecified atom stereocenters. The van der Waals surface area contributed by atoms with Gasteiger partial charge in [-0.25, -0.2) is 4.98 Å². The van der Waals surface area contributed by atoms with Crippen LogP contribution in [0.1, 0.15) is 26.2 Å². The first-order valence-corrected chi connectivity index (χ1v) is 8.69. The second-order valence-electron chi connectivity index (χ2n) is 5.50. The molecule has 1 aromatic carbocycles. The Morgan fingerprint density at radius 2 is 1.96 bits per heavy atom. The van der Waals surface area contributed by atoms with Crippen molar-refractivity contribution in [2.45, 2.75) is 26.7 Å². The number of nitrogens with zero attached hydrogens (tertiary/aromatic N) is 2. The second kappa shape index (κ2) is 9.45. The van der Waals surface area contributed by atoms with E-state index < -0.39 is 0 Å². The summed E-state index contributed by atoms with van der Waals surface area (Å²) in [6.45, 7) is 7.77. The fourth-order valence-electron chi connectivity index (χ4n) is 2.38. The van der Waals surface area contributed by atoms with Gasteiger partial charge in [-0.3, -0.25) is 4.79 Å². The van der Waals surface area contributed by atoms with Crippen LogP contribution in [0.3, 0.4) is 0 Å². The molecule has 0 aliphatic heterocycles. The number of hydrogen-bond acceptors (Lipinski definition) is 4. The molecule has 1 N–H and O–H groups in total. The number of nitrogens with one attached hydrogen (secondary N) is 1. The average Bonchev–Trinajstić information content (AvgIpc) is 3.06. The van der Waals surface area contributed by atoms with E-state index in [9.17, 15) is 4.79 Å². The van der Waals surface area contributed by atoms with Crippen LogP contribution in [-0.2, 0) is 11.2 Å². The lowest BCUT2D eigenvalue weighted by Crippen LogP contribution is -2.34. The highest BCUT2D eigenvalue weighted by atomic mass is 35.5. The van der Waals surface area contributed by atoms with E-state index >= 15 is 0 Å². The molecule has 1 amide bonds. The summed E-state index contributed by atoms with van der Waals surface area (Å²) < 4.78 is 5.70. The topological polar surface area (TPSA) is 58.4 Å². The third kappa shape index (κ3) is 5.65. The summed E-state index contributed by atoms with van der Waals surface area (Å²) in [4.78, 5) is 18.4. The molecule has 2 rings (SSSR count). The van der Waals surface area contributed by atoms with E-state index in [1.165, 1.54) is 0 Å². The van der Waals surface area contributed by atoms with Crippen molar-refractivity contribution in [3.8, 4) is 11.3 Å². The maximum atomic E-state index is 11.9. The molecule has 0 spiro atoms. The molecule has 1 aromatic heterocycles. The minimum Gasteiger partial charge on any atom is -0.441 e. The van der Waals surface area contributed by atoms with Crippen LogP contribution >= 0.6 is 11.6 Å².